The third-order valence-corrected chi connectivity index (χ3v) is 6.32. The number of rotatable bonds is 3. The molecular formula is C22H31N5O2. The molecule has 0 saturated carbocycles. The van der Waals surface area contributed by atoms with Crippen molar-refractivity contribution in [2.24, 2.45) is 0 Å². The zero-order valence-corrected chi connectivity index (χ0v) is 17.9. The quantitative estimate of drug-likeness (QED) is 0.833. The molecular weight excluding hydrogens is 366 g/mol. The number of amides is 1. The summed E-state index contributed by atoms with van der Waals surface area (Å²) < 4.78 is 0. The fourth-order valence-corrected chi connectivity index (χ4v) is 4.74. The van der Waals surface area contributed by atoms with Crippen LogP contribution in [0.1, 0.15) is 86.6 Å². The number of H-pyrrole nitrogens is 2. The molecule has 1 unspecified atom stereocenters. The number of carbonyl (C=O) groups excluding carboxylic acids is 1. The van der Waals surface area contributed by atoms with Crippen molar-refractivity contribution < 1.29 is 4.79 Å². The first-order chi connectivity index (χ1) is 13.7. The number of nitrogens with one attached hydrogen (secondary N) is 2. The second-order valence-corrected chi connectivity index (χ2v) is 9.63. The molecule has 1 spiro atoms. The van der Waals surface area contributed by atoms with Crippen LogP contribution in [0.4, 0.5) is 0 Å². The Morgan fingerprint density at radius 3 is 2.83 bits per heavy atom. The van der Waals surface area contributed by atoms with E-state index in [1.165, 1.54) is 0 Å². The van der Waals surface area contributed by atoms with Gasteiger partial charge in [-0.05, 0) is 38.2 Å². The molecule has 1 atom stereocenters. The molecule has 1 amide bonds. The van der Waals surface area contributed by atoms with Crippen LogP contribution in [-0.4, -0.2) is 44.1 Å². The molecule has 3 heterocycles. The molecule has 1 aliphatic heterocycles. The lowest BCUT2D eigenvalue weighted by Crippen LogP contribution is -2.48. The van der Waals surface area contributed by atoms with Crippen molar-refractivity contribution in [1.82, 2.24) is 25.1 Å². The molecule has 2 N–H and O–H groups in total. The predicted molar refractivity (Wildman–Crippen MR) is 111 cm³/mol. The van der Waals surface area contributed by atoms with Crippen LogP contribution in [0, 0.1) is 0 Å². The summed E-state index contributed by atoms with van der Waals surface area (Å²) in [6, 6.07) is 1.87. The number of hydrogen-bond donors (Lipinski definition) is 2. The van der Waals surface area contributed by atoms with E-state index in [0.717, 1.165) is 67.8 Å². The van der Waals surface area contributed by atoms with E-state index in [9.17, 15) is 9.59 Å². The number of carbonyl (C=O) groups is 1. The number of aryl methyl sites for hydroxylation is 1. The van der Waals surface area contributed by atoms with Crippen LogP contribution in [-0.2, 0) is 23.7 Å². The zero-order chi connectivity index (χ0) is 20.8. The van der Waals surface area contributed by atoms with Crippen molar-refractivity contribution >= 4 is 5.91 Å². The number of fused-ring (bicyclic) bond motifs is 2. The Labute approximate surface area is 171 Å². The lowest BCUT2D eigenvalue weighted by atomic mass is 9.77. The molecule has 4 rings (SSSR count). The van der Waals surface area contributed by atoms with E-state index in [0.29, 0.717) is 12.2 Å². The van der Waals surface area contributed by atoms with Gasteiger partial charge in [-0.15, -0.1) is 0 Å². The summed E-state index contributed by atoms with van der Waals surface area (Å²) in [7, 11) is 0. The van der Waals surface area contributed by atoms with Crippen LogP contribution in [0.25, 0.3) is 0 Å². The predicted octanol–water partition coefficient (Wildman–Crippen LogP) is 2.86. The second kappa shape index (κ2) is 7.11. The maximum Gasteiger partial charge on any atom is 0.274 e. The highest BCUT2D eigenvalue weighted by Gasteiger charge is 2.46. The van der Waals surface area contributed by atoms with Gasteiger partial charge in [-0.3, -0.25) is 14.7 Å². The highest BCUT2D eigenvalue weighted by molar-refractivity contribution is 5.92. The maximum atomic E-state index is 13.1. The molecule has 7 nitrogen and oxygen atoms in total. The van der Waals surface area contributed by atoms with Crippen molar-refractivity contribution in [3.8, 4) is 0 Å². The Morgan fingerprint density at radius 1 is 1.31 bits per heavy atom. The first kappa shape index (κ1) is 19.9. The van der Waals surface area contributed by atoms with Gasteiger partial charge in [-0.2, -0.15) is 5.10 Å². The Kier molecular flexibility index (Phi) is 4.87. The van der Waals surface area contributed by atoms with Gasteiger partial charge in [0.05, 0.1) is 5.69 Å². The zero-order valence-electron chi connectivity index (χ0n) is 17.9. The van der Waals surface area contributed by atoms with Crippen molar-refractivity contribution in [1.29, 1.82) is 0 Å². The summed E-state index contributed by atoms with van der Waals surface area (Å²) in [5.41, 5.74) is 2.73. The van der Waals surface area contributed by atoms with Crippen molar-refractivity contribution in [3.05, 3.63) is 44.9 Å². The standard InChI is InChI=1S/C22H31N5O2/c1-5-7-14-12-16(26-25-14)19(29)27-11-6-9-22(13-27)10-8-15-17(22)23-20(21(2,3)4)24-18(15)28/h12H,5-11,13H2,1-4H3,(H,25,26)(H,23,24,28). The molecule has 0 radical (unpaired) electrons. The van der Waals surface area contributed by atoms with Gasteiger partial charge in [0.15, 0.2) is 0 Å². The maximum absolute atomic E-state index is 13.1. The number of piperidine rings is 1. The van der Waals surface area contributed by atoms with Crippen LogP contribution in [0.5, 0.6) is 0 Å². The van der Waals surface area contributed by atoms with Crippen LogP contribution in [0.2, 0.25) is 0 Å². The van der Waals surface area contributed by atoms with Gasteiger partial charge < -0.3 is 9.88 Å². The SMILES string of the molecule is CCCc1cc(C(=O)N2CCCC3(CCc4c3nc(C(C)(C)C)[nH]c4=O)C2)n[nH]1. The minimum Gasteiger partial charge on any atom is -0.336 e. The topological polar surface area (TPSA) is 94.7 Å². The summed E-state index contributed by atoms with van der Waals surface area (Å²) in [6.45, 7) is 9.61. The summed E-state index contributed by atoms with van der Waals surface area (Å²) >= 11 is 0. The highest BCUT2D eigenvalue weighted by Crippen LogP contribution is 2.43. The number of aromatic nitrogens is 4. The third-order valence-electron chi connectivity index (χ3n) is 6.32. The number of likely N-dealkylation sites (tertiary alicyclic amines) is 1. The van der Waals surface area contributed by atoms with Crippen molar-refractivity contribution in [2.75, 3.05) is 13.1 Å². The van der Waals surface area contributed by atoms with Crippen LogP contribution < -0.4 is 5.56 Å². The minimum atomic E-state index is -0.229. The van der Waals surface area contributed by atoms with Gasteiger partial charge in [-0.1, -0.05) is 34.1 Å². The monoisotopic (exact) mass is 397 g/mol. The Hall–Kier alpha value is -2.44. The molecule has 2 aliphatic rings. The summed E-state index contributed by atoms with van der Waals surface area (Å²) in [5, 5.41) is 7.22. The van der Waals surface area contributed by atoms with E-state index in [1.54, 1.807) is 0 Å². The van der Waals surface area contributed by atoms with Gasteiger partial charge in [0.1, 0.15) is 11.5 Å². The second-order valence-electron chi connectivity index (χ2n) is 9.63. The number of aromatic amines is 2. The molecule has 1 saturated heterocycles. The van der Waals surface area contributed by atoms with E-state index in [4.69, 9.17) is 4.98 Å². The Bertz CT molecular complexity index is 984. The van der Waals surface area contributed by atoms with E-state index in [1.807, 2.05) is 11.0 Å². The summed E-state index contributed by atoms with van der Waals surface area (Å²) in [6.07, 6.45) is 5.38. The lowest BCUT2D eigenvalue weighted by Gasteiger charge is -2.40. The summed E-state index contributed by atoms with van der Waals surface area (Å²) in [4.78, 5) is 35.7. The van der Waals surface area contributed by atoms with Crippen LogP contribution >= 0.6 is 0 Å². The fourth-order valence-electron chi connectivity index (χ4n) is 4.74. The van der Waals surface area contributed by atoms with Gasteiger partial charge in [0, 0.05) is 35.2 Å². The van der Waals surface area contributed by atoms with Gasteiger partial charge >= 0.3 is 0 Å². The summed E-state index contributed by atoms with van der Waals surface area (Å²) in [5.74, 6) is 0.694. The number of nitrogens with zero attached hydrogens (tertiary/aromatic N) is 3. The first-order valence-electron chi connectivity index (χ1n) is 10.7. The van der Waals surface area contributed by atoms with E-state index in [-0.39, 0.29) is 22.3 Å². The Balaban J connectivity index is 1.64. The molecule has 0 aromatic carbocycles. The minimum absolute atomic E-state index is 0.0169. The fraction of sp³-hybridized carbons (Fsp3) is 0.636. The molecule has 1 fully saturated rings. The molecule has 0 bridgehead atoms. The van der Waals surface area contributed by atoms with E-state index < -0.39 is 0 Å². The van der Waals surface area contributed by atoms with E-state index >= 15 is 0 Å². The largest absolute Gasteiger partial charge is 0.336 e. The molecule has 1 aliphatic carbocycles. The van der Waals surface area contributed by atoms with Crippen molar-refractivity contribution in [3.63, 3.8) is 0 Å². The van der Waals surface area contributed by atoms with Gasteiger partial charge in [0.2, 0.25) is 0 Å². The molecule has 7 heteroatoms. The smallest absolute Gasteiger partial charge is 0.274 e. The van der Waals surface area contributed by atoms with Gasteiger partial charge in [-0.25, -0.2) is 4.98 Å². The Morgan fingerprint density at radius 2 is 2.10 bits per heavy atom. The van der Waals surface area contributed by atoms with Crippen LogP contribution in [0.15, 0.2) is 10.9 Å². The molecule has 2 aromatic heterocycles. The lowest BCUT2D eigenvalue weighted by molar-refractivity contribution is 0.0627. The highest BCUT2D eigenvalue weighted by atomic mass is 16.2. The van der Waals surface area contributed by atoms with Gasteiger partial charge in [0.25, 0.3) is 11.5 Å². The molecule has 2 aromatic rings. The average molecular weight is 398 g/mol. The van der Waals surface area contributed by atoms with E-state index in [2.05, 4.69) is 42.9 Å². The molecule has 156 valence electrons. The molecule has 29 heavy (non-hydrogen) atoms. The normalized spacial score (nSPS) is 21.6. The van der Waals surface area contributed by atoms with Crippen LogP contribution in [0.3, 0.4) is 0 Å². The average Bonchev–Trinajstić information content (AvgIpc) is 3.27. The third kappa shape index (κ3) is 3.51. The number of hydrogen-bond acceptors (Lipinski definition) is 4. The van der Waals surface area contributed by atoms with Crippen molar-refractivity contribution in [2.45, 2.75) is 77.0 Å². The first-order valence-corrected chi connectivity index (χ1v) is 10.7.